The van der Waals surface area contributed by atoms with Crippen LogP contribution in [-0.2, 0) is 0 Å². The SMILES string of the molecule is Cc1cc(C(=O)NCCBr)cs1. The van der Waals surface area contributed by atoms with Crippen LogP contribution in [0.2, 0.25) is 0 Å². The molecule has 0 spiro atoms. The van der Waals surface area contributed by atoms with Crippen LogP contribution in [0.1, 0.15) is 15.2 Å². The Hall–Kier alpha value is -0.350. The topological polar surface area (TPSA) is 29.1 Å². The number of aryl methyl sites for hydroxylation is 1. The van der Waals surface area contributed by atoms with Crippen molar-refractivity contribution < 1.29 is 4.79 Å². The molecule has 1 aromatic heterocycles. The van der Waals surface area contributed by atoms with Gasteiger partial charge in [-0.05, 0) is 13.0 Å². The van der Waals surface area contributed by atoms with Gasteiger partial charge >= 0.3 is 0 Å². The van der Waals surface area contributed by atoms with E-state index in [1.807, 2.05) is 18.4 Å². The van der Waals surface area contributed by atoms with Crippen molar-refractivity contribution in [2.45, 2.75) is 6.92 Å². The standard InChI is InChI=1S/C8H10BrNOS/c1-6-4-7(5-12-6)8(11)10-3-2-9/h4-5H,2-3H2,1H3,(H,10,11). The molecule has 0 aliphatic carbocycles. The maximum Gasteiger partial charge on any atom is 0.252 e. The van der Waals surface area contributed by atoms with Crippen LogP contribution in [0.15, 0.2) is 11.4 Å². The minimum atomic E-state index is 0.0128. The molecule has 12 heavy (non-hydrogen) atoms. The van der Waals surface area contributed by atoms with Crippen molar-refractivity contribution in [3.05, 3.63) is 21.9 Å². The fraction of sp³-hybridized carbons (Fsp3) is 0.375. The molecular weight excluding hydrogens is 238 g/mol. The number of alkyl halides is 1. The summed E-state index contributed by atoms with van der Waals surface area (Å²) in [6, 6.07) is 1.90. The fourth-order valence-electron chi connectivity index (χ4n) is 0.825. The van der Waals surface area contributed by atoms with E-state index in [0.717, 1.165) is 10.9 Å². The normalized spacial score (nSPS) is 9.83. The zero-order valence-electron chi connectivity index (χ0n) is 6.76. The highest BCUT2D eigenvalue weighted by Crippen LogP contribution is 2.12. The number of hydrogen-bond donors (Lipinski definition) is 1. The quantitative estimate of drug-likeness (QED) is 0.816. The van der Waals surface area contributed by atoms with E-state index in [4.69, 9.17) is 0 Å². The van der Waals surface area contributed by atoms with Gasteiger partial charge in [-0.2, -0.15) is 0 Å². The predicted molar refractivity (Wildman–Crippen MR) is 55.2 cm³/mol. The van der Waals surface area contributed by atoms with Crippen LogP contribution < -0.4 is 5.32 Å². The van der Waals surface area contributed by atoms with Gasteiger partial charge in [0.15, 0.2) is 0 Å². The van der Waals surface area contributed by atoms with Crippen LogP contribution in [0.25, 0.3) is 0 Å². The second-order valence-electron chi connectivity index (χ2n) is 2.39. The fourth-order valence-corrected chi connectivity index (χ4v) is 1.71. The van der Waals surface area contributed by atoms with Gasteiger partial charge in [0.25, 0.3) is 5.91 Å². The van der Waals surface area contributed by atoms with E-state index < -0.39 is 0 Å². The van der Waals surface area contributed by atoms with E-state index in [1.165, 1.54) is 4.88 Å². The molecule has 1 N–H and O–H groups in total. The zero-order valence-corrected chi connectivity index (χ0v) is 9.17. The van der Waals surface area contributed by atoms with Gasteiger partial charge in [0, 0.05) is 22.1 Å². The van der Waals surface area contributed by atoms with E-state index in [9.17, 15) is 4.79 Å². The van der Waals surface area contributed by atoms with Gasteiger partial charge in [0.1, 0.15) is 0 Å². The molecule has 66 valence electrons. The Kier molecular flexibility index (Phi) is 3.75. The minimum absolute atomic E-state index is 0.0128. The van der Waals surface area contributed by atoms with Gasteiger partial charge in [-0.15, -0.1) is 11.3 Å². The van der Waals surface area contributed by atoms with E-state index >= 15 is 0 Å². The van der Waals surface area contributed by atoms with Gasteiger partial charge in [-0.25, -0.2) is 0 Å². The number of thiophene rings is 1. The molecule has 0 bridgehead atoms. The number of halogens is 1. The van der Waals surface area contributed by atoms with Crippen molar-refractivity contribution in [2.24, 2.45) is 0 Å². The van der Waals surface area contributed by atoms with Crippen molar-refractivity contribution in [1.82, 2.24) is 5.32 Å². The summed E-state index contributed by atoms with van der Waals surface area (Å²) < 4.78 is 0. The van der Waals surface area contributed by atoms with Crippen LogP contribution in [0, 0.1) is 6.92 Å². The number of hydrogen-bond acceptors (Lipinski definition) is 2. The molecule has 0 fully saturated rings. The summed E-state index contributed by atoms with van der Waals surface area (Å²) in [7, 11) is 0. The molecule has 0 unspecified atom stereocenters. The van der Waals surface area contributed by atoms with Gasteiger partial charge in [-0.3, -0.25) is 4.79 Å². The summed E-state index contributed by atoms with van der Waals surface area (Å²) in [5.41, 5.74) is 0.762. The smallest absolute Gasteiger partial charge is 0.252 e. The molecule has 0 aliphatic rings. The molecule has 0 saturated carbocycles. The first-order valence-electron chi connectivity index (χ1n) is 3.63. The van der Waals surface area contributed by atoms with Crippen LogP contribution in [-0.4, -0.2) is 17.8 Å². The molecule has 0 saturated heterocycles. The monoisotopic (exact) mass is 247 g/mol. The third kappa shape index (κ3) is 2.60. The average molecular weight is 248 g/mol. The number of amides is 1. The third-order valence-electron chi connectivity index (χ3n) is 1.37. The molecule has 1 heterocycles. The first-order valence-corrected chi connectivity index (χ1v) is 5.63. The molecule has 1 rings (SSSR count). The Labute approximate surface area is 84.1 Å². The highest BCUT2D eigenvalue weighted by atomic mass is 79.9. The number of carbonyl (C=O) groups is 1. The van der Waals surface area contributed by atoms with Crippen LogP contribution in [0.4, 0.5) is 0 Å². The van der Waals surface area contributed by atoms with E-state index in [2.05, 4.69) is 21.2 Å². The lowest BCUT2D eigenvalue weighted by Crippen LogP contribution is -2.24. The largest absolute Gasteiger partial charge is 0.351 e. The molecule has 0 aliphatic heterocycles. The summed E-state index contributed by atoms with van der Waals surface area (Å²) in [4.78, 5) is 12.5. The second-order valence-corrected chi connectivity index (χ2v) is 4.30. The average Bonchev–Trinajstić information content (AvgIpc) is 2.47. The molecule has 0 radical (unpaired) electrons. The van der Waals surface area contributed by atoms with Crippen molar-refractivity contribution in [1.29, 1.82) is 0 Å². The van der Waals surface area contributed by atoms with Crippen LogP contribution in [0.5, 0.6) is 0 Å². The van der Waals surface area contributed by atoms with Gasteiger partial charge in [0.2, 0.25) is 0 Å². The van der Waals surface area contributed by atoms with Gasteiger partial charge in [-0.1, -0.05) is 15.9 Å². The predicted octanol–water partition coefficient (Wildman–Crippen LogP) is 2.18. The number of carbonyl (C=O) groups excluding carboxylic acids is 1. The van der Waals surface area contributed by atoms with Gasteiger partial charge in [0.05, 0.1) is 5.56 Å². The molecule has 2 nitrogen and oxygen atoms in total. The molecular formula is C8H10BrNOS. The zero-order chi connectivity index (χ0) is 8.97. The highest BCUT2D eigenvalue weighted by Gasteiger charge is 2.05. The first-order chi connectivity index (χ1) is 5.74. The van der Waals surface area contributed by atoms with Crippen molar-refractivity contribution in [3.63, 3.8) is 0 Å². The van der Waals surface area contributed by atoms with Crippen molar-refractivity contribution in [3.8, 4) is 0 Å². The van der Waals surface area contributed by atoms with E-state index in [1.54, 1.807) is 11.3 Å². The second kappa shape index (κ2) is 4.62. The summed E-state index contributed by atoms with van der Waals surface area (Å²) in [5.74, 6) is 0.0128. The Morgan fingerprint density at radius 1 is 1.75 bits per heavy atom. The van der Waals surface area contributed by atoms with Crippen LogP contribution in [0.3, 0.4) is 0 Å². The molecule has 0 atom stereocenters. The van der Waals surface area contributed by atoms with Crippen molar-refractivity contribution in [2.75, 3.05) is 11.9 Å². The summed E-state index contributed by atoms with van der Waals surface area (Å²) in [6.07, 6.45) is 0. The van der Waals surface area contributed by atoms with Crippen molar-refractivity contribution >= 4 is 33.2 Å². The van der Waals surface area contributed by atoms with Crippen LogP contribution >= 0.6 is 27.3 Å². The van der Waals surface area contributed by atoms with Gasteiger partial charge < -0.3 is 5.32 Å². The third-order valence-corrected chi connectivity index (χ3v) is 2.63. The lowest BCUT2D eigenvalue weighted by Gasteiger charge is -1.98. The Balaban J connectivity index is 2.53. The van der Waals surface area contributed by atoms with E-state index in [-0.39, 0.29) is 5.91 Å². The summed E-state index contributed by atoms with van der Waals surface area (Å²) in [6.45, 7) is 2.67. The van der Waals surface area contributed by atoms with E-state index in [0.29, 0.717) is 6.54 Å². The number of rotatable bonds is 3. The molecule has 1 aromatic rings. The Morgan fingerprint density at radius 3 is 3.00 bits per heavy atom. The Morgan fingerprint density at radius 2 is 2.50 bits per heavy atom. The Bertz CT molecular complexity index is 272. The summed E-state index contributed by atoms with van der Waals surface area (Å²) >= 11 is 4.84. The molecule has 4 heteroatoms. The maximum atomic E-state index is 11.3. The summed E-state index contributed by atoms with van der Waals surface area (Å²) in [5, 5.41) is 5.45. The minimum Gasteiger partial charge on any atom is -0.351 e. The molecule has 1 amide bonds. The highest BCUT2D eigenvalue weighted by molar-refractivity contribution is 9.09. The molecule has 0 aromatic carbocycles. The lowest BCUT2D eigenvalue weighted by atomic mass is 10.3. The lowest BCUT2D eigenvalue weighted by molar-refractivity contribution is 0.0956. The maximum absolute atomic E-state index is 11.3. The number of nitrogens with one attached hydrogen (secondary N) is 1. The first kappa shape index (κ1) is 9.74.